The van der Waals surface area contributed by atoms with Crippen LogP contribution in [-0.4, -0.2) is 62.5 Å². The summed E-state index contributed by atoms with van der Waals surface area (Å²) in [6.45, 7) is 6.48. The lowest BCUT2D eigenvalue weighted by molar-refractivity contribution is 0.0803. The van der Waals surface area contributed by atoms with Gasteiger partial charge in [-0.1, -0.05) is 0 Å². The van der Waals surface area contributed by atoms with Gasteiger partial charge in [0, 0.05) is 25.6 Å². The third-order valence-electron chi connectivity index (χ3n) is 5.93. The first-order valence-corrected chi connectivity index (χ1v) is 10.1. The van der Waals surface area contributed by atoms with Crippen molar-refractivity contribution < 1.29 is 9.52 Å². The van der Waals surface area contributed by atoms with Gasteiger partial charge in [-0.15, -0.1) is 15.3 Å². The van der Waals surface area contributed by atoms with Crippen LogP contribution in [0.1, 0.15) is 48.6 Å². The summed E-state index contributed by atoms with van der Waals surface area (Å²) >= 11 is 0. The number of hydrogen-bond acceptors (Lipinski definition) is 7. The quantitative estimate of drug-likeness (QED) is 0.724. The lowest BCUT2D eigenvalue weighted by Crippen LogP contribution is -2.38. The van der Waals surface area contributed by atoms with Crippen molar-refractivity contribution in [3.63, 3.8) is 0 Å². The predicted octanol–water partition coefficient (Wildman–Crippen LogP) is 2.15. The Bertz CT molecular complexity index is 955. The number of β-amino-alcohol motifs (C(OH)–C–C–N with tert-alkyl or cyclic N) is 1. The van der Waals surface area contributed by atoms with E-state index in [1.165, 1.54) is 6.42 Å². The number of piperidine rings is 1. The highest BCUT2D eigenvalue weighted by Gasteiger charge is 2.27. The van der Waals surface area contributed by atoms with Crippen molar-refractivity contribution in [2.75, 3.05) is 37.6 Å². The normalized spacial score (nSPS) is 19.9. The number of hydrogen-bond donors (Lipinski definition) is 1. The molecule has 8 nitrogen and oxygen atoms in total. The SMILES string of the molecule is Cc1ccc(C(O)CN2CCC(c3nnc4ccc(N5CCC5)nn34)CC2)o1. The lowest BCUT2D eigenvalue weighted by Gasteiger charge is -2.32. The molecule has 5 rings (SSSR count). The summed E-state index contributed by atoms with van der Waals surface area (Å²) in [6.07, 6.45) is 2.62. The molecule has 0 amide bonds. The van der Waals surface area contributed by atoms with Crippen molar-refractivity contribution in [3.8, 4) is 0 Å². The highest BCUT2D eigenvalue weighted by Crippen LogP contribution is 2.29. The minimum Gasteiger partial charge on any atom is -0.464 e. The fourth-order valence-electron chi connectivity index (χ4n) is 4.11. The van der Waals surface area contributed by atoms with Crippen LogP contribution in [0.15, 0.2) is 28.7 Å². The van der Waals surface area contributed by atoms with Crippen molar-refractivity contribution in [2.45, 2.75) is 38.2 Å². The fourth-order valence-corrected chi connectivity index (χ4v) is 4.11. The zero-order valence-corrected chi connectivity index (χ0v) is 16.2. The molecule has 5 heterocycles. The third kappa shape index (κ3) is 3.27. The fraction of sp³-hybridized carbons (Fsp3) is 0.550. The van der Waals surface area contributed by atoms with Gasteiger partial charge in [0.2, 0.25) is 0 Å². The van der Waals surface area contributed by atoms with Crippen LogP contribution in [-0.2, 0) is 0 Å². The molecule has 0 bridgehead atoms. The molecule has 8 heteroatoms. The average Bonchev–Trinajstić information content (AvgIpc) is 3.27. The van der Waals surface area contributed by atoms with E-state index in [0.29, 0.717) is 18.2 Å². The first kappa shape index (κ1) is 17.6. The van der Waals surface area contributed by atoms with Crippen LogP contribution in [0, 0.1) is 6.92 Å². The van der Waals surface area contributed by atoms with Crippen LogP contribution in [0.4, 0.5) is 5.82 Å². The highest BCUT2D eigenvalue weighted by molar-refractivity contribution is 5.47. The van der Waals surface area contributed by atoms with Crippen LogP contribution in [0.5, 0.6) is 0 Å². The van der Waals surface area contributed by atoms with E-state index in [2.05, 4.69) is 20.0 Å². The average molecular weight is 382 g/mol. The molecule has 148 valence electrons. The van der Waals surface area contributed by atoms with E-state index in [1.807, 2.05) is 35.7 Å². The number of fused-ring (bicyclic) bond motifs is 1. The van der Waals surface area contributed by atoms with Crippen LogP contribution >= 0.6 is 0 Å². The standard InChI is InChI=1S/C20H26N6O2/c1-14-3-4-17(28-14)16(27)13-24-11-7-15(8-12-24)20-22-21-18-5-6-19(23-26(18)20)25-9-2-10-25/h3-6,15-16,27H,2,7-13H2,1H3. The number of likely N-dealkylation sites (tertiary alicyclic amines) is 1. The minimum absolute atomic E-state index is 0.341. The highest BCUT2D eigenvalue weighted by atomic mass is 16.4. The summed E-state index contributed by atoms with van der Waals surface area (Å²) < 4.78 is 7.47. The molecule has 1 unspecified atom stereocenters. The second kappa shape index (κ2) is 7.18. The molecule has 0 saturated carbocycles. The second-order valence-corrected chi connectivity index (χ2v) is 7.90. The van der Waals surface area contributed by atoms with Crippen LogP contribution in [0.2, 0.25) is 0 Å². The Labute approximate surface area is 163 Å². The predicted molar refractivity (Wildman–Crippen MR) is 104 cm³/mol. The van der Waals surface area contributed by atoms with Gasteiger partial charge in [-0.25, -0.2) is 0 Å². The van der Waals surface area contributed by atoms with Crippen molar-refractivity contribution in [3.05, 3.63) is 41.6 Å². The van der Waals surface area contributed by atoms with Crippen molar-refractivity contribution in [1.29, 1.82) is 0 Å². The van der Waals surface area contributed by atoms with Crippen molar-refractivity contribution >= 4 is 11.5 Å². The van der Waals surface area contributed by atoms with E-state index >= 15 is 0 Å². The largest absolute Gasteiger partial charge is 0.464 e. The maximum absolute atomic E-state index is 10.4. The summed E-state index contributed by atoms with van der Waals surface area (Å²) in [5.41, 5.74) is 0.810. The first-order chi connectivity index (χ1) is 13.7. The minimum atomic E-state index is -0.583. The Balaban J connectivity index is 1.25. The monoisotopic (exact) mass is 382 g/mol. The van der Waals surface area contributed by atoms with Crippen molar-refractivity contribution in [1.82, 2.24) is 24.7 Å². The van der Waals surface area contributed by atoms with E-state index in [1.54, 1.807) is 0 Å². The molecule has 3 aromatic heterocycles. The molecule has 1 N–H and O–H groups in total. The van der Waals surface area contributed by atoms with E-state index in [-0.39, 0.29) is 0 Å². The zero-order valence-electron chi connectivity index (χ0n) is 16.2. The van der Waals surface area contributed by atoms with Gasteiger partial charge in [0.1, 0.15) is 23.4 Å². The number of rotatable bonds is 5. The number of aromatic nitrogens is 4. The zero-order chi connectivity index (χ0) is 19.1. The molecule has 0 spiro atoms. The molecule has 2 aliphatic rings. The Morgan fingerprint density at radius 2 is 1.93 bits per heavy atom. The first-order valence-electron chi connectivity index (χ1n) is 10.1. The van der Waals surface area contributed by atoms with Gasteiger partial charge in [-0.2, -0.15) is 4.52 Å². The van der Waals surface area contributed by atoms with E-state index in [9.17, 15) is 5.11 Å². The Morgan fingerprint density at radius 3 is 2.61 bits per heavy atom. The Hall–Kier alpha value is -2.45. The number of nitrogens with zero attached hydrogens (tertiary/aromatic N) is 6. The Kier molecular flexibility index (Phi) is 4.52. The number of anilines is 1. The van der Waals surface area contributed by atoms with Crippen molar-refractivity contribution in [2.24, 2.45) is 0 Å². The van der Waals surface area contributed by atoms with Gasteiger partial charge in [-0.3, -0.25) is 0 Å². The lowest BCUT2D eigenvalue weighted by atomic mass is 9.96. The number of aliphatic hydroxyl groups excluding tert-OH is 1. The molecular formula is C20H26N6O2. The molecule has 0 aromatic carbocycles. The topological polar surface area (TPSA) is 82.9 Å². The molecule has 2 fully saturated rings. The smallest absolute Gasteiger partial charge is 0.178 e. The maximum Gasteiger partial charge on any atom is 0.178 e. The molecule has 28 heavy (non-hydrogen) atoms. The molecule has 2 saturated heterocycles. The number of aliphatic hydroxyl groups is 1. The number of aryl methyl sites for hydroxylation is 1. The van der Waals surface area contributed by atoms with Gasteiger partial charge in [0.05, 0.1) is 0 Å². The van der Waals surface area contributed by atoms with Gasteiger partial charge in [0.15, 0.2) is 11.5 Å². The van der Waals surface area contributed by atoms with Gasteiger partial charge >= 0.3 is 0 Å². The summed E-state index contributed by atoms with van der Waals surface area (Å²) in [4.78, 5) is 4.57. The number of furan rings is 1. The van der Waals surface area contributed by atoms with Crippen LogP contribution in [0.25, 0.3) is 5.65 Å². The molecule has 3 aromatic rings. The third-order valence-corrected chi connectivity index (χ3v) is 5.93. The summed E-state index contributed by atoms with van der Waals surface area (Å²) in [5.74, 6) is 3.78. The van der Waals surface area contributed by atoms with E-state index in [0.717, 1.165) is 62.1 Å². The van der Waals surface area contributed by atoms with Crippen LogP contribution < -0.4 is 4.90 Å². The van der Waals surface area contributed by atoms with Crippen LogP contribution in [0.3, 0.4) is 0 Å². The Morgan fingerprint density at radius 1 is 1.11 bits per heavy atom. The van der Waals surface area contributed by atoms with E-state index in [4.69, 9.17) is 9.52 Å². The van der Waals surface area contributed by atoms with Gasteiger partial charge < -0.3 is 19.3 Å². The molecule has 0 radical (unpaired) electrons. The summed E-state index contributed by atoms with van der Waals surface area (Å²) in [7, 11) is 0. The second-order valence-electron chi connectivity index (χ2n) is 7.90. The summed E-state index contributed by atoms with van der Waals surface area (Å²) in [5, 5.41) is 24.0. The molecule has 1 atom stereocenters. The summed E-state index contributed by atoms with van der Waals surface area (Å²) in [6, 6.07) is 7.79. The molecular weight excluding hydrogens is 356 g/mol. The van der Waals surface area contributed by atoms with E-state index < -0.39 is 6.10 Å². The maximum atomic E-state index is 10.4. The molecule has 2 aliphatic heterocycles. The molecule has 0 aliphatic carbocycles. The van der Waals surface area contributed by atoms with Gasteiger partial charge in [0.25, 0.3) is 0 Å². The van der Waals surface area contributed by atoms with Gasteiger partial charge in [-0.05, 0) is 63.5 Å².